The molecule has 1 heterocycles. The van der Waals surface area contributed by atoms with E-state index in [0.29, 0.717) is 34.1 Å². The number of allylic oxidation sites excluding steroid dienone is 1. The Kier molecular flexibility index (Phi) is 6.28. The van der Waals surface area contributed by atoms with E-state index in [1.165, 1.54) is 0 Å². The van der Waals surface area contributed by atoms with E-state index >= 15 is 0 Å². The van der Waals surface area contributed by atoms with Gasteiger partial charge in [0.1, 0.15) is 11.5 Å². The fraction of sp³-hybridized carbons (Fsp3) is 0.120. The van der Waals surface area contributed by atoms with Gasteiger partial charge in [0.15, 0.2) is 29.6 Å². The van der Waals surface area contributed by atoms with Gasteiger partial charge in [0, 0.05) is 16.1 Å². The van der Waals surface area contributed by atoms with Crippen molar-refractivity contribution in [3.8, 4) is 23.0 Å². The number of fused-ring (bicyclic) bond motifs is 1. The average molecular weight is 495 g/mol. The third-order valence-electron chi connectivity index (χ3n) is 4.88. The first-order valence-electron chi connectivity index (χ1n) is 9.70. The third kappa shape index (κ3) is 4.53. The van der Waals surface area contributed by atoms with Crippen LogP contribution >= 0.6 is 15.9 Å². The molecule has 0 atom stereocenters. The molecule has 32 heavy (non-hydrogen) atoms. The molecule has 7 heteroatoms. The van der Waals surface area contributed by atoms with E-state index in [2.05, 4.69) is 15.9 Å². The first kappa shape index (κ1) is 21.6. The number of rotatable bonds is 7. The summed E-state index contributed by atoms with van der Waals surface area (Å²) < 4.78 is 22.8. The summed E-state index contributed by atoms with van der Waals surface area (Å²) >= 11 is 3.34. The van der Waals surface area contributed by atoms with Crippen LogP contribution in [-0.4, -0.2) is 32.4 Å². The summed E-state index contributed by atoms with van der Waals surface area (Å²) in [5, 5.41) is 0. The zero-order valence-corrected chi connectivity index (χ0v) is 19.0. The van der Waals surface area contributed by atoms with Gasteiger partial charge < -0.3 is 18.9 Å². The van der Waals surface area contributed by atoms with Gasteiger partial charge in [0.05, 0.1) is 19.8 Å². The van der Waals surface area contributed by atoms with Crippen molar-refractivity contribution >= 4 is 33.6 Å². The zero-order valence-electron chi connectivity index (χ0n) is 17.4. The molecule has 0 unspecified atom stereocenters. The van der Waals surface area contributed by atoms with E-state index in [1.54, 1.807) is 81.0 Å². The average Bonchev–Trinajstić information content (AvgIpc) is 3.12. The van der Waals surface area contributed by atoms with Gasteiger partial charge in [-0.15, -0.1) is 0 Å². The van der Waals surface area contributed by atoms with Crippen LogP contribution in [0.2, 0.25) is 0 Å². The number of hydrogen-bond acceptors (Lipinski definition) is 6. The zero-order chi connectivity index (χ0) is 22.7. The molecule has 0 aliphatic carbocycles. The molecule has 3 aromatic rings. The standard InChI is InChI=1S/C25H19BrO6/c1-29-21-10-3-15(11-23(21)30-2)12-24-25(28)19-9-8-18(13-22(19)32-24)31-14-20(27)16-4-6-17(26)7-5-16/h3-13H,14H2,1-2H3. The number of carbonyl (C=O) groups is 2. The molecule has 162 valence electrons. The van der Waals surface area contributed by atoms with E-state index in [1.807, 2.05) is 0 Å². The maximum absolute atomic E-state index is 12.7. The lowest BCUT2D eigenvalue weighted by molar-refractivity contribution is 0.0921. The fourth-order valence-electron chi connectivity index (χ4n) is 3.22. The van der Waals surface area contributed by atoms with Crippen LogP contribution in [-0.2, 0) is 0 Å². The highest BCUT2D eigenvalue weighted by Gasteiger charge is 2.28. The van der Waals surface area contributed by atoms with Gasteiger partial charge in [0.25, 0.3) is 0 Å². The number of carbonyl (C=O) groups excluding carboxylic acids is 2. The number of halogens is 1. The Hall–Kier alpha value is -3.58. The van der Waals surface area contributed by atoms with Gasteiger partial charge in [-0.3, -0.25) is 9.59 Å². The largest absolute Gasteiger partial charge is 0.493 e. The summed E-state index contributed by atoms with van der Waals surface area (Å²) in [5.74, 6) is 1.78. The molecule has 0 aromatic heterocycles. The topological polar surface area (TPSA) is 71.1 Å². The molecule has 0 spiro atoms. The summed E-state index contributed by atoms with van der Waals surface area (Å²) in [5.41, 5.74) is 1.72. The lowest BCUT2D eigenvalue weighted by Crippen LogP contribution is -2.11. The Morgan fingerprint density at radius 1 is 0.969 bits per heavy atom. The van der Waals surface area contributed by atoms with E-state index in [9.17, 15) is 9.59 Å². The van der Waals surface area contributed by atoms with Gasteiger partial charge in [-0.1, -0.05) is 34.1 Å². The minimum Gasteiger partial charge on any atom is -0.493 e. The highest BCUT2D eigenvalue weighted by atomic mass is 79.9. The van der Waals surface area contributed by atoms with Crippen molar-refractivity contribution in [3.05, 3.63) is 87.6 Å². The Morgan fingerprint density at radius 3 is 2.44 bits per heavy atom. The van der Waals surface area contributed by atoms with Crippen molar-refractivity contribution < 1.29 is 28.5 Å². The van der Waals surface area contributed by atoms with Crippen molar-refractivity contribution in [3.63, 3.8) is 0 Å². The highest BCUT2D eigenvalue weighted by molar-refractivity contribution is 9.10. The predicted molar refractivity (Wildman–Crippen MR) is 123 cm³/mol. The molecule has 0 N–H and O–H groups in total. The van der Waals surface area contributed by atoms with Gasteiger partial charge in [0.2, 0.25) is 5.78 Å². The van der Waals surface area contributed by atoms with Crippen LogP contribution in [0.3, 0.4) is 0 Å². The number of hydrogen-bond donors (Lipinski definition) is 0. The van der Waals surface area contributed by atoms with Crippen LogP contribution in [0.1, 0.15) is 26.3 Å². The SMILES string of the molecule is COc1ccc(C=C2Oc3cc(OCC(=O)c4ccc(Br)cc4)ccc3C2=O)cc1OC. The molecule has 4 rings (SSSR count). The maximum atomic E-state index is 12.7. The van der Waals surface area contributed by atoms with E-state index in [-0.39, 0.29) is 23.9 Å². The number of Topliss-reactive ketones (excluding diaryl/α,β-unsaturated/α-hetero) is 2. The summed E-state index contributed by atoms with van der Waals surface area (Å²) in [6, 6.07) is 17.3. The normalized spacial score (nSPS) is 13.5. The molecule has 3 aromatic carbocycles. The van der Waals surface area contributed by atoms with Crippen LogP contribution in [0.25, 0.3) is 6.08 Å². The molecule has 0 amide bonds. The van der Waals surface area contributed by atoms with Crippen LogP contribution in [0.4, 0.5) is 0 Å². The van der Waals surface area contributed by atoms with Crippen molar-refractivity contribution in [2.24, 2.45) is 0 Å². The van der Waals surface area contributed by atoms with E-state index in [4.69, 9.17) is 18.9 Å². The molecule has 6 nitrogen and oxygen atoms in total. The molecule has 1 aliphatic rings. The molecule has 0 saturated heterocycles. The van der Waals surface area contributed by atoms with Gasteiger partial charge in [-0.2, -0.15) is 0 Å². The van der Waals surface area contributed by atoms with E-state index in [0.717, 1.165) is 10.0 Å². The minimum absolute atomic E-state index is 0.122. The second-order valence-electron chi connectivity index (χ2n) is 6.93. The summed E-state index contributed by atoms with van der Waals surface area (Å²) in [6.07, 6.45) is 1.64. The Morgan fingerprint density at radius 2 is 1.72 bits per heavy atom. The smallest absolute Gasteiger partial charge is 0.231 e. The number of benzene rings is 3. The van der Waals surface area contributed by atoms with Crippen molar-refractivity contribution in [1.82, 2.24) is 0 Å². The van der Waals surface area contributed by atoms with Crippen molar-refractivity contribution in [2.75, 3.05) is 20.8 Å². The first-order chi connectivity index (χ1) is 15.5. The Labute approximate surface area is 193 Å². The lowest BCUT2D eigenvalue weighted by Gasteiger charge is -2.08. The van der Waals surface area contributed by atoms with Gasteiger partial charge in [-0.25, -0.2) is 0 Å². The summed E-state index contributed by atoms with van der Waals surface area (Å²) in [7, 11) is 3.10. The molecular formula is C25H19BrO6. The molecular weight excluding hydrogens is 476 g/mol. The van der Waals surface area contributed by atoms with Crippen molar-refractivity contribution in [1.29, 1.82) is 0 Å². The highest BCUT2D eigenvalue weighted by Crippen LogP contribution is 2.36. The van der Waals surface area contributed by atoms with Crippen LogP contribution < -0.4 is 18.9 Å². The molecule has 0 fully saturated rings. The predicted octanol–water partition coefficient (Wildman–Crippen LogP) is 5.34. The summed E-state index contributed by atoms with van der Waals surface area (Å²) in [4.78, 5) is 25.0. The Balaban J connectivity index is 1.48. The van der Waals surface area contributed by atoms with E-state index < -0.39 is 0 Å². The second-order valence-corrected chi connectivity index (χ2v) is 7.85. The molecule has 0 bridgehead atoms. The first-order valence-corrected chi connectivity index (χ1v) is 10.5. The van der Waals surface area contributed by atoms with Gasteiger partial charge in [-0.05, 0) is 48.0 Å². The number of ketones is 2. The molecule has 1 aliphatic heterocycles. The molecule has 0 radical (unpaired) electrons. The quantitative estimate of drug-likeness (QED) is 0.326. The fourth-order valence-corrected chi connectivity index (χ4v) is 3.48. The number of methoxy groups -OCH3 is 2. The minimum atomic E-state index is -0.229. The molecule has 0 saturated carbocycles. The van der Waals surface area contributed by atoms with Crippen molar-refractivity contribution in [2.45, 2.75) is 0 Å². The Bertz CT molecular complexity index is 1210. The van der Waals surface area contributed by atoms with Crippen LogP contribution in [0.5, 0.6) is 23.0 Å². The lowest BCUT2D eigenvalue weighted by atomic mass is 10.1. The maximum Gasteiger partial charge on any atom is 0.231 e. The van der Waals surface area contributed by atoms with Crippen LogP contribution in [0.15, 0.2) is 70.9 Å². The van der Waals surface area contributed by atoms with Gasteiger partial charge >= 0.3 is 0 Å². The monoisotopic (exact) mass is 494 g/mol. The van der Waals surface area contributed by atoms with Crippen LogP contribution in [0, 0.1) is 0 Å². The third-order valence-corrected chi connectivity index (χ3v) is 5.41. The summed E-state index contributed by atoms with van der Waals surface area (Å²) in [6.45, 7) is -0.122. The second kappa shape index (κ2) is 9.28. The number of ether oxygens (including phenoxy) is 4.